The number of fused-ring (bicyclic) bond motifs is 1. The number of aromatic nitrogens is 4. The molecule has 0 radical (unpaired) electrons. The van der Waals surface area contributed by atoms with Gasteiger partial charge in [0.15, 0.2) is 17.5 Å². The Labute approximate surface area is 215 Å². The maximum Gasteiger partial charge on any atom is 0.276 e. The van der Waals surface area contributed by atoms with Crippen LogP contribution in [0.2, 0.25) is 0 Å². The molecule has 1 aliphatic heterocycles. The zero-order valence-corrected chi connectivity index (χ0v) is 20.8. The van der Waals surface area contributed by atoms with E-state index in [-0.39, 0.29) is 22.8 Å². The highest BCUT2D eigenvalue weighted by Gasteiger charge is 2.48. The first-order valence-electron chi connectivity index (χ1n) is 12.5. The summed E-state index contributed by atoms with van der Waals surface area (Å²) < 4.78 is 46.3. The largest absolute Gasteiger partial charge is 0.369 e. The highest BCUT2D eigenvalue weighted by molar-refractivity contribution is 6.09. The van der Waals surface area contributed by atoms with E-state index >= 15 is 4.39 Å². The van der Waals surface area contributed by atoms with Crippen LogP contribution >= 0.6 is 0 Å². The van der Waals surface area contributed by atoms with Crippen molar-refractivity contribution in [2.75, 3.05) is 23.3 Å². The molecule has 1 spiro atoms. The van der Waals surface area contributed by atoms with E-state index in [0.29, 0.717) is 21.3 Å². The third-order valence-corrected chi connectivity index (χ3v) is 7.43. The number of nitrogens with zero attached hydrogens (tertiary/aromatic N) is 5. The minimum absolute atomic E-state index is 0.0762. The van der Waals surface area contributed by atoms with E-state index in [1.807, 2.05) is 13.8 Å². The van der Waals surface area contributed by atoms with E-state index in [0.717, 1.165) is 62.7 Å². The molecule has 1 saturated carbocycles. The Morgan fingerprint density at radius 3 is 2.42 bits per heavy atom. The van der Waals surface area contributed by atoms with Crippen LogP contribution < -0.4 is 15.8 Å². The second-order valence-corrected chi connectivity index (χ2v) is 10.4. The quantitative estimate of drug-likeness (QED) is 0.406. The van der Waals surface area contributed by atoms with Crippen molar-refractivity contribution in [2.24, 2.45) is 5.41 Å². The maximum atomic E-state index is 15.4. The van der Waals surface area contributed by atoms with Gasteiger partial charge in [-0.2, -0.15) is 14.9 Å². The summed E-state index contributed by atoms with van der Waals surface area (Å²) in [6, 6.07) is 6.49. The van der Waals surface area contributed by atoms with E-state index < -0.39 is 34.6 Å². The van der Waals surface area contributed by atoms with E-state index in [4.69, 9.17) is 0 Å². The molecule has 0 unspecified atom stereocenters. The fourth-order valence-electron chi connectivity index (χ4n) is 5.29. The predicted molar refractivity (Wildman–Crippen MR) is 136 cm³/mol. The van der Waals surface area contributed by atoms with Gasteiger partial charge in [-0.05, 0) is 56.7 Å². The van der Waals surface area contributed by atoms with Crippen LogP contribution in [-0.2, 0) is 0 Å². The molecular weight excluding hydrogens is 497 g/mol. The third kappa shape index (κ3) is 3.93. The number of rotatable bonds is 5. The summed E-state index contributed by atoms with van der Waals surface area (Å²) in [4.78, 5) is 27.8. The lowest BCUT2D eigenvalue weighted by Crippen LogP contribution is -2.27. The number of carbonyl (C=O) groups is 1. The Hall–Kier alpha value is -4.15. The summed E-state index contributed by atoms with van der Waals surface area (Å²) in [5.74, 6) is -3.31. The highest BCUT2D eigenvalue weighted by atomic mass is 19.1. The van der Waals surface area contributed by atoms with Crippen LogP contribution in [-0.4, -0.2) is 38.6 Å². The first-order chi connectivity index (χ1) is 18.2. The lowest BCUT2D eigenvalue weighted by atomic mass is 10.1. The van der Waals surface area contributed by atoms with Crippen molar-refractivity contribution in [2.45, 2.75) is 39.2 Å². The number of hydrogen-bond donors (Lipinski definition) is 1. The number of carbonyl (C=O) groups excluding carboxylic acids is 1. The summed E-state index contributed by atoms with van der Waals surface area (Å²) in [6.45, 7) is 5.37. The summed E-state index contributed by atoms with van der Waals surface area (Å²) in [5, 5.41) is 11.6. The van der Waals surface area contributed by atoms with Gasteiger partial charge in [0.25, 0.3) is 11.5 Å². The fourth-order valence-corrected chi connectivity index (χ4v) is 5.29. The minimum Gasteiger partial charge on any atom is -0.369 e. The number of hydrogen-bond acceptors (Lipinski definition) is 5. The van der Waals surface area contributed by atoms with Crippen LogP contribution in [0.3, 0.4) is 0 Å². The van der Waals surface area contributed by atoms with Gasteiger partial charge in [0, 0.05) is 36.7 Å². The molecule has 1 N–H and O–H groups in total. The van der Waals surface area contributed by atoms with E-state index in [2.05, 4.69) is 20.4 Å². The Bertz CT molecular complexity index is 1640. The molecular formula is C27H25F3N6O2. The van der Waals surface area contributed by atoms with Gasteiger partial charge in [0.1, 0.15) is 16.9 Å². The first kappa shape index (κ1) is 24.2. The van der Waals surface area contributed by atoms with Gasteiger partial charge in [0.2, 0.25) is 0 Å². The van der Waals surface area contributed by atoms with Crippen LogP contribution in [0.15, 0.2) is 47.4 Å². The van der Waals surface area contributed by atoms with Gasteiger partial charge >= 0.3 is 0 Å². The van der Waals surface area contributed by atoms with Gasteiger partial charge in [-0.1, -0.05) is 6.07 Å². The Morgan fingerprint density at radius 2 is 1.76 bits per heavy atom. The van der Waals surface area contributed by atoms with Crippen molar-refractivity contribution < 1.29 is 18.0 Å². The standard InChI is InChI=1S/C27H25F3N6O2/c1-15(2)35-23-16(13-31-35)24(34-11-10-27(14-34)8-9-27)21(12-19(23)30)32-26(38)20-6-7-22(37)36(33-20)25-17(28)4-3-5-18(25)29/h3-7,12-13,15H,8-11,14H2,1-2H3,(H,32,38). The average molecular weight is 523 g/mol. The van der Waals surface area contributed by atoms with Crippen molar-refractivity contribution in [1.29, 1.82) is 0 Å². The molecule has 1 amide bonds. The predicted octanol–water partition coefficient (Wildman–Crippen LogP) is 4.82. The molecule has 2 fully saturated rings. The number of anilines is 2. The molecule has 3 heterocycles. The summed E-state index contributed by atoms with van der Waals surface area (Å²) >= 11 is 0. The molecule has 8 nitrogen and oxygen atoms in total. The number of nitrogens with one attached hydrogen (secondary N) is 1. The van der Waals surface area contributed by atoms with E-state index in [9.17, 15) is 18.4 Å². The number of halogens is 3. The topological polar surface area (TPSA) is 85.0 Å². The van der Waals surface area contributed by atoms with Gasteiger partial charge < -0.3 is 10.2 Å². The van der Waals surface area contributed by atoms with Gasteiger partial charge in [-0.3, -0.25) is 14.3 Å². The second kappa shape index (κ2) is 8.71. The van der Waals surface area contributed by atoms with Crippen LogP contribution in [0.1, 0.15) is 49.6 Å². The highest BCUT2D eigenvalue weighted by Crippen LogP contribution is 2.54. The van der Waals surface area contributed by atoms with Crippen molar-refractivity contribution in [3.8, 4) is 5.69 Å². The molecule has 1 aliphatic carbocycles. The van der Waals surface area contributed by atoms with E-state index in [1.54, 1.807) is 10.9 Å². The van der Waals surface area contributed by atoms with Gasteiger partial charge in [-0.25, -0.2) is 13.2 Å². The Morgan fingerprint density at radius 1 is 1.03 bits per heavy atom. The second-order valence-electron chi connectivity index (χ2n) is 10.4. The smallest absolute Gasteiger partial charge is 0.276 e. The zero-order chi connectivity index (χ0) is 26.8. The van der Waals surface area contributed by atoms with Gasteiger partial charge in [-0.15, -0.1) is 0 Å². The number of amides is 1. The van der Waals surface area contributed by atoms with Gasteiger partial charge in [0.05, 0.1) is 17.6 Å². The van der Waals surface area contributed by atoms with Crippen molar-refractivity contribution in [3.63, 3.8) is 0 Å². The van der Waals surface area contributed by atoms with E-state index in [1.165, 1.54) is 6.07 Å². The van der Waals surface area contributed by atoms with Crippen molar-refractivity contribution in [3.05, 3.63) is 76.1 Å². The minimum atomic E-state index is -1.00. The number of benzene rings is 2. The monoisotopic (exact) mass is 522 g/mol. The lowest BCUT2D eigenvalue weighted by Gasteiger charge is -2.24. The third-order valence-electron chi connectivity index (χ3n) is 7.43. The summed E-state index contributed by atoms with van der Waals surface area (Å²) in [7, 11) is 0. The molecule has 38 heavy (non-hydrogen) atoms. The molecule has 2 aromatic carbocycles. The maximum absolute atomic E-state index is 15.4. The zero-order valence-electron chi connectivity index (χ0n) is 20.8. The van der Waals surface area contributed by atoms with Crippen LogP contribution in [0, 0.1) is 22.9 Å². The normalized spacial score (nSPS) is 16.1. The SMILES string of the molecule is CC(C)n1ncc2c(N3CCC4(CC4)C3)c(NC(=O)c3ccc(=O)n(-c4c(F)cccc4F)n3)cc(F)c21. The summed E-state index contributed by atoms with van der Waals surface area (Å²) in [6.07, 6.45) is 4.90. The van der Waals surface area contributed by atoms with Crippen molar-refractivity contribution in [1.82, 2.24) is 19.6 Å². The molecule has 2 aliphatic rings. The van der Waals surface area contributed by atoms with Crippen LogP contribution in [0.4, 0.5) is 24.5 Å². The molecule has 0 bridgehead atoms. The van der Waals surface area contributed by atoms with Crippen molar-refractivity contribution >= 4 is 28.2 Å². The molecule has 11 heteroatoms. The lowest BCUT2D eigenvalue weighted by molar-refractivity contribution is 0.102. The molecule has 4 aromatic rings. The molecule has 0 atom stereocenters. The molecule has 196 valence electrons. The Balaban J connectivity index is 1.42. The molecule has 2 aromatic heterocycles. The fraction of sp³-hybridized carbons (Fsp3) is 0.333. The molecule has 1 saturated heterocycles. The van der Waals surface area contributed by atoms with Crippen LogP contribution in [0.5, 0.6) is 0 Å². The number of para-hydroxylation sites is 1. The van der Waals surface area contributed by atoms with Crippen LogP contribution in [0.25, 0.3) is 16.6 Å². The summed E-state index contributed by atoms with van der Waals surface area (Å²) in [5.41, 5.74) is -0.254. The molecule has 6 rings (SSSR count). The first-order valence-corrected chi connectivity index (χ1v) is 12.5. The average Bonchev–Trinajstić information content (AvgIpc) is 3.28. The Kier molecular flexibility index (Phi) is 5.55.